The van der Waals surface area contributed by atoms with E-state index >= 15 is 0 Å². The molecule has 146 valence electrons. The zero-order valence-corrected chi connectivity index (χ0v) is 17.0. The lowest BCUT2D eigenvalue weighted by Crippen LogP contribution is -2.28. The Morgan fingerprint density at radius 2 is 1.79 bits per heavy atom. The van der Waals surface area contributed by atoms with E-state index < -0.39 is 17.0 Å². The van der Waals surface area contributed by atoms with Crippen molar-refractivity contribution in [3.8, 4) is 11.3 Å². The van der Waals surface area contributed by atoms with Crippen molar-refractivity contribution in [1.82, 2.24) is 4.90 Å². The summed E-state index contributed by atoms with van der Waals surface area (Å²) < 4.78 is 19.8. The molecule has 2 amide bonds. The summed E-state index contributed by atoms with van der Waals surface area (Å²) in [6, 6.07) is 14.8. The zero-order valence-electron chi connectivity index (χ0n) is 14.7. The van der Waals surface area contributed by atoms with E-state index in [-0.39, 0.29) is 22.0 Å². The summed E-state index contributed by atoms with van der Waals surface area (Å²) in [5, 5.41) is 0.279. The number of rotatable bonds is 4. The van der Waals surface area contributed by atoms with Crippen LogP contribution >= 0.6 is 35.0 Å². The summed E-state index contributed by atoms with van der Waals surface area (Å²) in [6.07, 6.45) is 1.49. The molecule has 1 fully saturated rings. The lowest BCUT2D eigenvalue weighted by molar-refractivity contribution is -0.123. The van der Waals surface area contributed by atoms with E-state index in [0.29, 0.717) is 16.5 Å². The Labute approximate surface area is 179 Å². The Morgan fingerprint density at radius 3 is 2.52 bits per heavy atom. The minimum absolute atomic E-state index is 0.0979. The molecule has 2 aromatic carbocycles. The SMILES string of the molecule is O=C1S/C(=C\c2ccc(-c3ccc(Cl)cc3)o2)C(=O)N1Cc1c(F)cccc1Cl. The van der Waals surface area contributed by atoms with Gasteiger partial charge in [-0.25, -0.2) is 4.39 Å². The van der Waals surface area contributed by atoms with Gasteiger partial charge in [0.05, 0.1) is 11.4 Å². The number of halogens is 3. The quantitative estimate of drug-likeness (QED) is 0.421. The molecular weight excluding hydrogens is 436 g/mol. The van der Waals surface area contributed by atoms with Gasteiger partial charge >= 0.3 is 0 Å². The van der Waals surface area contributed by atoms with Crippen molar-refractivity contribution in [2.24, 2.45) is 0 Å². The van der Waals surface area contributed by atoms with Gasteiger partial charge in [0.25, 0.3) is 11.1 Å². The number of carbonyl (C=O) groups excluding carboxylic acids is 2. The number of carbonyl (C=O) groups is 2. The third kappa shape index (κ3) is 4.10. The van der Waals surface area contributed by atoms with Crippen LogP contribution in [0.25, 0.3) is 17.4 Å². The zero-order chi connectivity index (χ0) is 20.5. The lowest BCUT2D eigenvalue weighted by Gasteiger charge is -2.14. The van der Waals surface area contributed by atoms with Crippen LogP contribution < -0.4 is 0 Å². The average molecular weight is 448 g/mol. The highest BCUT2D eigenvalue weighted by Gasteiger charge is 2.36. The van der Waals surface area contributed by atoms with E-state index in [4.69, 9.17) is 27.6 Å². The van der Waals surface area contributed by atoms with Crippen molar-refractivity contribution in [2.45, 2.75) is 6.54 Å². The van der Waals surface area contributed by atoms with E-state index in [1.165, 1.54) is 24.3 Å². The van der Waals surface area contributed by atoms with Crippen LogP contribution in [0.3, 0.4) is 0 Å². The molecule has 0 atom stereocenters. The van der Waals surface area contributed by atoms with E-state index in [9.17, 15) is 14.0 Å². The monoisotopic (exact) mass is 447 g/mol. The summed E-state index contributed by atoms with van der Waals surface area (Å²) in [5.41, 5.74) is 0.928. The van der Waals surface area contributed by atoms with E-state index in [0.717, 1.165) is 22.2 Å². The largest absolute Gasteiger partial charge is 0.457 e. The second kappa shape index (κ2) is 8.06. The van der Waals surface area contributed by atoms with Crippen LogP contribution in [-0.2, 0) is 11.3 Å². The molecule has 29 heavy (non-hydrogen) atoms. The minimum Gasteiger partial charge on any atom is -0.457 e. The fraction of sp³-hybridized carbons (Fsp3) is 0.0476. The normalized spacial score (nSPS) is 15.6. The number of imide groups is 1. The van der Waals surface area contributed by atoms with Crippen LogP contribution in [0.5, 0.6) is 0 Å². The van der Waals surface area contributed by atoms with Gasteiger partial charge in [0.2, 0.25) is 0 Å². The van der Waals surface area contributed by atoms with Crippen LogP contribution in [0, 0.1) is 5.82 Å². The van der Waals surface area contributed by atoms with Crippen molar-refractivity contribution in [2.75, 3.05) is 0 Å². The molecular formula is C21H12Cl2FNO3S. The first kappa shape index (κ1) is 19.8. The van der Waals surface area contributed by atoms with Gasteiger partial charge < -0.3 is 4.42 Å². The van der Waals surface area contributed by atoms with Gasteiger partial charge in [-0.15, -0.1) is 0 Å². The fourth-order valence-corrected chi connectivity index (χ4v) is 3.97. The highest BCUT2D eigenvalue weighted by molar-refractivity contribution is 8.18. The van der Waals surface area contributed by atoms with E-state index in [1.54, 1.807) is 24.3 Å². The highest BCUT2D eigenvalue weighted by atomic mass is 35.5. The maximum absolute atomic E-state index is 14.0. The average Bonchev–Trinajstić information content (AvgIpc) is 3.25. The van der Waals surface area contributed by atoms with Gasteiger partial charge in [-0.1, -0.05) is 29.3 Å². The highest BCUT2D eigenvalue weighted by Crippen LogP contribution is 2.35. The van der Waals surface area contributed by atoms with Crippen LogP contribution in [-0.4, -0.2) is 16.0 Å². The first-order valence-corrected chi connectivity index (χ1v) is 10.0. The maximum Gasteiger partial charge on any atom is 0.293 e. The Bertz CT molecular complexity index is 1120. The molecule has 0 N–H and O–H groups in total. The van der Waals surface area contributed by atoms with E-state index in [2.05, 4.69) is 0 Å². The molecule has 1 aliphatic rings. The Morgan fingerprint density at radius 1 is 1.03 bits per heavy atom. The van der Waals surface area contributed by atoms with Crippen LogP contribution in [0.4, 0.5) is 9.18 Å². The molecule has 0 unspecified atom stereocenters. The smallest absolute Gasteiger partial charge is 0.293 e. The second-order valence-electron chi connectivity index (χ2n) is 6.18. The number of thioether (sulfide) groups is 1. The first-order chi connectivity index (χ1) is 13.9. The predicted octanol–water partition coefficient (Wildman–Crippen LogP) is 6.63. The summed E-state index contributed by atoms with van der Waals surface area (Å²) in [7, 11) is 0. The molecule has 0 radical (unpaired) electrons. The molecule has 0 spiro atoms. The predicted molar refractivity (Wildman–Crippen MR) is 112 cm³/mol. The molecule has 3 aromatic rings. The first-order valence-electron chi connectivity index (χ1n) is 8.46. The number of hydrogen-bond donors (Lipinski definition) is 0. The minimum atomic E-state index is -0.570. The standard InChI is InChI=1S/C21H12Cl2FNO3S/c22-13-6-4-12(5-7-13)18-9-8-14(28-18)10-19-20(26)25(21(27)29-19)11-15-16(23)2-1-3-17(15)24/h1-10H,11H2/b19-10-. The van der Waals surface area contributed by atoms with Gasteiger partial charge in [-0.3, -0.25) is 14.5 Å². The molecule has 1 aromatic heterocycles. The Balaban J connectivity index is 1.56. The molecule has 8 heteroatoms. The van der Waals surface area contributed by atoms with Gasteiger partial charge in [-0.2, -0.15) is 0 Å². The molecule has 0 aliphatic carbocycles. The number of amides is 2. The summed E-state index contributed by atoms with van der Waals surface area (Å²) in [5.74, 6) is -0.0717. The summed E-state index contributed by atoms with van der Waals surface area (Å²) >= 11 is 12.7. The van der Waals surface area contributed by atoms with E-state index in [1.807, 2.05) is 12.1 Å². The molecule has 4 nitrogen and oxygen atoms in total. The van der Waals surface area contributed by atoms with Crippen LogP contribution in [0.2, 0.25) is 10.0 Å². The van der Waals surface area contributed by atoms with Gasteiger partial charge in [0, 0.05) is 27.2 Å². The second-order valence-corrected chi connectivity index (χ2v) is 8.01. The molecule has 1 aliphatic heterocycles. The van der Waals surface area contributed by atoms with Crippen LogP contribution in [0.1, 0.15) is 11.3 Å². The molecule has 0 bridgehead atoms. The molecule has 0 saturated carbocycles. The summed E-state index contributed by atoms with van der Waals surface area (Å²) in [6.45, 7) is -0.234. The Hall–Kier alpha value is -2.54. The third-order valence-corrected chi connectivity index (χ3v) is 5.79. The number of furan rings is 1. The van der Waals surface area contributed by atoms with Crippen molar-refractivity contribution >= 4 is 52.2 Å². The van der Waals surface area contributed by atoms with Crippen LogP contribution in [0.15, 0.2) is 63.9 Å². The molecule has 2 heterocycles. The van der Waals surface area contributed by atoms with Gasteiger partial charge in [0.1, 0.15) is 17.3 Å². The maximum atomic E-state index is 14.0. The number of hydrogen-bond acceptors (Lipinski definition) is 4. The van der Waals surface area contributed by atoms with Crippen molar-refractivity contribution < 1.29 is 18.4 Å². The van der Waals surface area contributed by atoms with Crippen molar-refractivity contribution in [3.63, 3.8) is 0 Å². The molecule has 1 saturated heterocycles. The fourth-order valence-electron chi connectivity index (χ4n) is 2.81. The van der Waals surface area contributed by atoms with Crippen molar-refractivity contribution in [3.05, 3.63) is 86.7 Å². The third-order valence-electron chi connectivity index (χ3n) is 4.28. The van der Waals surface area contributed by atoms with Gasteiger partial charge in [0.15, 0.2) is 0 Å². The molecule has 4 rings (SSSR count). The summed E-state index contributed by atoms with van der Waals surface area (Å²) in [4.78, 5) is 26.1. The Kier molecular flexibility index (Phi) is 5.50. The van der Waals surface area contributed by atoms with Gasteiger partial charge in [-0.05, 0) is 60.3 Å². The lowest BCUT2D eigenvalue weighted by atomic mass is 10.2. The topological polar surface area (TPSA) is 50.5 Å². The van der Waals surface area contributed by atoms with Crippen molar-refractivity contribution in [1.29, 1.82) is 0 Å². The number of nitrogens with zero attached hydrogens (tertiary/aromatic N) is 1. The number of benzene rings is 2.